The smallest absolute Gasteiger partial charge is 0.423 e. The van der Waals surface area contributed by atoms with Gasteiger partial charge < -0.3 is 14.9 Å². The van der Waals surface area contributed by atoms with Crippen molar-refractivity contribution in [3.05, 3.63) is 18.1 Å². The molecule has 4 nitrogen and oxygen atoms in total. The standard InChI is InChI=1S/C11H16BFN2O2/c1-8-3-2-4-15(7-8)11-5-10(13)9(6-14-11)12(16)17/h5-6,8,16-17H,2-4,7H2,1H3. The minimum Gasteiger partial charge on any atom is -0.423 e. The molecule has 2 heterocycles. The molecule has 1 saturated heterocycles. The second-order valence-electron chi connectivity index (χ2n) is 4.63. The molecule has 0 aliphatic carbocycles. The van der Waals surface area contributed by atoms with E-state index in [-0.39, 0.29) is 5.46 Å². The maximum absolute atomic E-state index is 13.6. The van der Waals surface area contributed by atoms with Crippen molar-refractivity contribution in [3.8, 4) is 0 Å². The van der Waals surface area contributed by atoms with Gasteiger partial charge in [0.15, 0.2) is 0 Å². The van der Waals surface area contributed by atoms with E-state index < -0.39 is 12.9 Å². The monoisotopic (exact) mass is 238 g/mol. The third kappa shape index (κ3) is 2.76. The number of piperidine rings is 1. The molecule has 1 aliphatic rings. The van der Waals surface area contributed by atoms with Crippen LogP contribution in [0.15, 0.2) is 12.3 Å². The molecule has 1 aromatic rings. The predicted molar refractivity (Wildman–Crippen MR) is 64.6 cm³/mol. The Labute approximate surface area is 100 Å². The molecular formula is C11H16BFN2O2. The second kappa shape index (κ2) is 5.02. The van der Waals surface area contributed by atoms with E-state index in [4.69, 9.17) is 10.0 Å². The lowest BCUT2D eigenvalue weighted by Crippen LogP contribution is -2.37. The number of anilines is 1. The minimum atomic E-state index is -1.81. The highest BCUT2D eigenvalue weighted by Crippen LogP contribution is 2.21. The SMILES string of the molecule is CC1CCCN(c2cc(F)c(B(O)O)cn2)C1. The molecule has 2 N–H and O–H groups in total. The Kier molecular flexibility index (Phi) is 3.64. The summed E-state index contributed by atoms with van der Waals surface area (Å²) in [5, 5.41) is 17.8. The van der Waals surface area contributed by atoms with Gasteiger partial charge in [-0.3, -0.25) is 0 Å². The summed E-state index contributed by atoms with van der Waals surface area (Å²) in [6.45, 7) is 3.90. The van der Waals surface area contributed by atoms with Gasteiger partial charge in [-0.1, -0.05) is 6.92 Å². The van der Waals surface area contributed by atoms with E-state index in [0.717, 1.165) is 19.5 Å². The highest BCUT2D eigenvalue weighted by atomic mass is 19.1. The summed E-state index contributed by atoms with van der Waals surface area (Å²) < 4.78 is 13.6. The fourth-order valence-corrected chi connectivity index (χ4v) is 2.19. The van der Waals surface area contributed by atoms with E-state index in [1.165, 1.54) is 18.7 Å². The third-order valence-electron chi connectivity index (χ3n) is 3.13. The average molecular weight is 238 g/mol. The van der Waals surface area contributed by atoms with E-state index in [2.05, 4.69) is 11.9 Å². The summed E-state index contributed by atoms with van der Waals surface area (Å²) in [5.74, 6) is 0.526. The van der Waals surface area contributed by atoms with Crippen LogP contribution >= 0.6 is 0 Å². The number of halogens is 1. The Hall–Kier alpha value is -1.14. The van der Waals surface area contributed by atoms with Crippen LogP contribution in [-0.2, 0) is 0 Å². The Morgan fingerprint density at radius 2 is 2.29 bits per heavy atom. The molecule has 2 rings (SSSR count). The lowest BCUT2D eigenvalue weighted by atomic mass is 9.81. The second-order valence-corrected chi connectivity index (χ2v) is 4.63. The van der Waals surface area contributed by atoms with Crippen molar-refractivity contribution < 1.29 is 14.4 Å². The Morgan fingerprint density at radius 1 is 1.53 bits per heavy atom. The third-order valence-corrected chi connectivity index (χ3v) is 3.13. The normalized spacial score (nSPS) is 20.5. The zero-order chi connectivity index (χ0) is 12.4. The molecule has 17 heavy (non-hydrogen) atoms. The molecule has 1 atom stereocenters. The topological polar surface area (TPSA) is 56.6 Å². The maximum Gasteiger partial charge on any atom is 0.493 e. The highest BCUT2D eigenvalue weighted by Gasteiger charge is 2.21. The molecule has 0 radical (unpaired) electrons. The maximum atomic E-state index is 13.6. The molecule has 0 spiro atoms. The van der Waals surface area contributed by atoms with Gasteiger partial charge in [0.05, 0.1) is 0 Å². The van der Waals surface area contributed by atoms with Gasteiger partial charge in [0.2, 0.25) is 0 Å². The van der Waals surface area contributed by atoms with Crippen molar-refractivity contribution >= 4 is 18.4 Å². The lowest BCUT2D eigenvalue weighted by molar-refractivity contribution is 0.422. The Bertz CT molecular complexity index is 403. The van der Waals surface area contributed by atoms with Gasteiger partial charge in [-0.05, 0) is 18.8 Å². The number of aromatic nitrogens is 1. The van der Waals surface area contributed by atoms with E-state index in [1.54, 1.807) is 0 Å². The molecule has 0 aromatic carbocycles. The van der Waals surface area contributed by atoms with E-state index in [0.29, 0.717) is 11.7 Å². The summed E-state index contributed by atoms with van der Waals surface area (Å²) in [7, 11) is -1.81. The van der Waals surface area contributed by atoms with Crippen LogP contribution in [0.3, 0.4) is 0 Å². The van der Waals surface area contributed by atoms with Crippen molar-refractivity contribution in [2.75, 3.05) is 18.0 Å². The van der Waals surface area contributed by atoms with Crippen LogP contribution in [0, 0.1) is 11.7 Å². The number of pyridine rings is 1. The minimum absolute atomic E-state index is 0.182. The van der Waals surface area contributed by atoms with Gasteiger partial charge in [0, 0.05) is 30.8 Å². The lowest BCUT2D eigenvalue weighted by Gasteiger charge is -2.31. The van der Waals surface area contributed by atoms with Crippen LogP contribution in [-0.4, -0.2) is 35.2 Å². The van der Waals surface area contributed by atoms with E-state index in [9.17, 15) is 4.39 Å². The summed E-state index contributed by atoms with van der Waals surface area (Å²) in [6, 6.07) is 1.27. The van der Waals surface area contributed by atoms with Crippen molar-refractivity contribution in [3.63, 3.8) is 0 Å². The molecule has 1 aromatic heterocycles. The van der Waals surface area contributed by atoms with Crippen molar-refractivity contribution in [2.24, 2.45) is 5.92 Å². The van der Waals surface area contributed by atoms with Gasteiger partial charge in [-0.15, -0.1) is 0 Å². The molecule has 1 fully saturated rings. The fraction of sp³-hybridized carbons (Fsp3) is 0.545. The van der Waals surface area contributed by atoms with Crippen molar-refractivity contribution in [1.29, 1.82) is 0 Å². The van der Waals surface area contributed by atoms with Crippen LogP contribution < -0.4 is 10.4 Å². The first-order valence-corrected chi connectivity index (χ1v) is 5.84. The van der Waals surface area contributed by atoms with Crippen LogP contribution in [0.2, 0.25) is 0 Å². The highest BCUT2D eigenvalue weighted by molar-refractivity contribution is 6.58. The fourth-order valence-electron chi connectivity index (χ4n) is 2.19. The van der Waals surface area contributed by atoms with Crippen LogP contribution in [0.25, 0.3) is 0 Å². The summed E-state index contributed by atoms with van der Waals surface area (Å²) in [6.07, 6.45) is 3.45. The number of hydrogen-bond acceptors (Lipinski definition) is 4. The number of nitrogens with zero attached hydrogens (tertiary/aromatic N) is 2. The molecule has 0 saturated carbocycles. The van der Waals surface area contributed by atoms with Crippen LogP contribution in [0.5, 0.6) is 0 Å². The molecule has 0 bridgehead atoms. The van der Waals surface area contributed by atoms with Gasteiger partial charge >= 0.3 is 7.12 Å². The largest absolute Gasteiger partial charge is 0.493 e. The quantitative estimate of drug-likeness (QED) is 0.719. The molecular weight excluding hydrogens is 222 g/mol. The zero-order valence-corrected chi connectivity index (χ0v) is 9.80. The molecule has 92 valence electrons. The van der Waals surface area contributed by atoms with Crippen LogP contribution in [0.1, 0.15) is 19.8 Å². The number of rotatable bonds is 2. The zero-order valence-electron chi connectivity index (χ0n) is 9.80. The van der Waals surface area contributed by atoms with Crippen molar-refractivity contribution in [1.82, 2.24) is 4.98 Å². The van der Waals surface area contributed by atoms with Gasteiger partial charge in [-0.2, -0.15) is 0 Å². The first-order valence-electron chi connectivity index (χ1n) is 5.84. The summed E-state index contributed by atoms with van der Waals surface area (Å²) >= 11 is 0. The first kappa shape index (κ1) is 12.3. The molecule has 0 amide bonds. The Morgan fingerprint density at radius 3 is 2.88 bits per heavy atom. The van der Waals surface area contributed by atoms with Gasteiger partial charge in [0.1, 0.15) is 11.6 Å². The average Bonchev–Trinajstić information content (AvgIpc) is 2.28. The molecule has 6 heteroatoms. The summed E-state index contributed by atoms with van der Waals surface area (Å²) in [5.41, 5.74) is -0.182. The Balaban J connectivity index is 2.19. The van der Waals surface area contributed by atoms with Crippen molar-refractivity contribution in [2.45, 2.75) is 19.8 Å². The van der Waals surface area contributed by atoms with E-state index >= 15 is 0 Å². The van der Waals surface area contributed by atoms with Crippen LogP contribution in [0.4, 0.5) is 10.2 Å². The van der Waals surface area contributed by atoms with E-state index in [1.807, 2.05) is 4.90 Å². The van der Waals surface area contributed by atoms with Gasteiger partial charge in [-0.25, -0.2) is 9.37 Å². The summed E-state index contributed by atoms with van der Waals surface area (Å²) in [4.78, 5) is 6.12. The predicted octanol–water partition coefficient (Wildman–Crippen LogP) is 0.137. The molecule has 1 unspecified atom stereocenters. The first-order chi connectivity index (χ1) is 8.08. The number of hydrogen-bond donors (Lipinski definition) is 2. The van der Waals surface area contributed by atoms with Gasteiger partial charge in [0.25, 0.3) is 0 Å². The molecule has 1 aliphatic heterocycles.